The fourth-order valence-corrected chi connectivity index (χ4v) is 1.88. The molecule has 0 aliphatic rings. The molecule has 0 spiro atoms. The molecule has 0 unspecified atom stereocenters. The van der Waals surface area contributed by atoms with E-state index in [0.717, 1.165) is 0 Å². The molecule has 0 rings (SSSR count). The summed E-state index contributed by atoms with van der Waals surface area (Å²) in [6.45, 7) is 0. The summed E-state index contributed by atoms with van der Waals surface area (Å²) < 4.78 is 0. The fraction of sp³-hybridized carbons (Fsp3) is 0.800. The first kappa shape index (κ1) is 26.2. The van der Waals surface area contributed by atoms with Gasteiger partial charge in [0.1, 0.15) is 0 Å². The Morgan fingerprint density at radius 2 is 1.24 bits per heavy atom. The molecule has 11 heteroatoms. The molecule has 0 heterocycles. The van der Waals surface area contributed by atoms with E-state index in [-0.39, 0.29) is 23.1 Å². The van der Waals surface area contributed by atoms with E-state index in [1.807, 2.05) is 12.5 Å². The van der Waals surface area contributed by atoms with Gasteiger partial charge in [-0.2, -0.15) is 34.5 Å². The zero-order valence-electron chi connectivity index (χ0n) is 12.0. The Kier molecular flexibility index (Phi) is 22.8. The summed E-state index contributed by atoms with van der Waals surface area (Å²) in [6.07, 6.45) is 4.48. The molecule has 0 saturated carbocycles. The molecule has 0 saturated heterocycles. The first-order chi connectivity index (χ1) is 9.44. The number of carbonyl (C=O) groups is 2. The van der Waals surface area contributed by atoms with Crippen LogP contribution in [-0.4, -0.2) is 81.5 Å². The molecule has 0 amide bonds. The van der Waals surface area contributed by atoms with Crippen LogP contribution in [0.3, 0.4) is 0 Å². The van der Waals surface area contributed by atoms with Crippen LogP contribution < -0.4 is 21.2 Å². The summed E-state index contributed by atoms with van der Waals surface area (Å²) in [4.78, 5) is 20.2. The van der Waals surface area contributed by atoms with Crippen molar-refractivity contribution in [1.82, 2.24) is 11.0 Å². The molecule has 0 aliphatic heterocycles. The second-order valence-corrected chi connectivity index (χ2v) is 5.54. The minimum Gasteiger partial charge on any atom is -0.548 e. The van der Waals surface area contributed by atoms with Crippen molar-refractivity contribution in [2.24, 2.45) is 0 Å². The summed E-state index contributed by atoms with van der Waals surface area (Å²) >= 11 is 3.04. The van der Waals surface area contributed by atoms with Gasteiger partial charge in [0, 0.05) is 0 Å². The quantitative estimate of drug-likeness (QED) is 0.242. The largest absolute Gasteiger partial charge is 2.00 e. The number of hydrogen-bond acceptors (Lipinski definition) is 10. The van der Waals surface area contributed by atoms with Crippen LogP contribution >= 0.6 is 23.5 Å². The average molecular weight is 353 g/mol. The van der Waals surface area contributed by atoms with E-state index in [1.165, 1.54) is 23.5 Å². The fourth-order valence-electron chi connectivity index (χ4n) is 0.942. The predicted octanol–water partition coefficient (Wildman–Crippen LogP) is -2.71. The van der Waals surface area contributed by atoms with Crippen LogP contribution in [0.5, 0.6) is 0 Å². The van der Waals surface area contributed by atoms with Gasteiger partial charge in [-0.1, -0.05) is 0 Å². The third-order valence-corrected chi connectivity index (χ3v) is 3.39. The number of rotatable bonds is 10. The maximum absolute atomic E-state index is 10.1. The second-order valence-electron chi connectivity index (χ2n) is 3.56. The summed E-state index contributed by atoms with van der Waals surface area (Å²) in [6, 6.07) is -1.88. The Balaban J connectivity index is -0.000000295. The molecule has 0 aliphatic carbocycles. The second kappa shape index (κ2) is 18.3. The molecule has 0 aromatic rings. The minimum atomic E-state index is -1.27. The predicted molar refractivity (Wildman–Crippen MR) is 79.2 cm³/mol. The van der Waals surface area contributed by atoms with E-state index < -0.39 is 24.0 Å². The van der Waals surface area contributed by atoms with Crippen molar-refractivity contribution in [3.63, 3.8) is 0 Å². The van der Waals surface area contributed by atoms with Crippen LogP contribution in [0.2, 0.25) is 0 Å². The molecule has 0 aromatic heterocycles. The third kappa shape index (κ3) is 16.4. The van der Waals surface area contributed by atoms with Crippen molar-refractivity contribution < 1.29 is 30.2 Å². The maximum Gasteiger partial charge on any atom is 2.00 e. The third-order valence-electron chi connectivity index (χ3n) is 2.10. The SMILES string of the molecule is CSCC[C@H](NO)C(=O)[O-].CSCC[C@H](NO)C(=O)[O-].[Mg+2]. The van der Waals surface area contributed by atoms with Crippen LogP contribution in [0, 0.1) is 0 Å². The summed E-state index contributed by atoms with van der Waals surface area (Å²) in [5.74, 6) is -1.16. The molecule has 120 valence electrons. The van der Waals surface area contributed by atoms with Crippen LogP contribution in [0.25, 0.3) is 0 Å². The summed E-state index contributed by atoms with van der Waals surface area (Å²) in [7, 11) is 0. The molecule has 0 fully saturated rings. The number of hydroxylamine groups is 2. The van der Waals surface area contributed by atoms with Crippen molar-refractivity contribution >= 4 is 58.5 Å². The van der Waals surface area contributed by atoms with Gasteiger partial charge in [0.15, 0.2) is 0 Å². The number of thioether (sulfide) groups is 2. The zero-order valence-corrected chi connectivity index (χ0v) is 15.1. The van der Waals surface area contributed by atoms with E-state index in [9.17, 15) is 19.8 Å². The van der Waals surface area contributed by atoms with Crippen LogP contribution in [0.1, 0.15) is 12.8 Å². The molecule has 0 aromatic carbocycles. The first-order valence-electron chi connectivity index (χ1n) is 5.63. The monoisotopic (exact) mass is 352 g/mol. The topological polar surface area (TPSA) is 145 Å². The first-order valence-corrected chi connectivity index (χ1v) is 8.42. The Labute approximate surface area is 148 Å². The van der Waals surface area contributed by atoms with Gasteiger partial charge in [0.05, 0.1) is 24.0 Å². The van der Waals surface area contributed by atoms with E-state index >= 15 is 0 Å². The van der Waals surface area contributed by atoms with E-state index in [1.54, 1.807) is 11.0 Å². The summed E-state index contributed by atoms with van der Waals surface area (Å²) in [5, 5.41) is 36.7. The smallest absolute Gasteiger partial charge is 0.548 e. The molecule has 21 heavy (non-hydrogen) atoms. The Morgan fingerprint density at radius 3 is 1.38 bits per heavy atom. The van der Waals surface area contributed by atoms with Gasteiger partial charge in [-0.25, -0.2) is 0 Å². The normalized spacial score (nSPS) is 12.4. The Bertz CT molecular complexity index is 250. The average Bonchev–Trinajstić information content (AvgIpc) is 2.40. The molecular weight excluding hydrogens is 333 g/mol. The van der Waals surface area contributed by atoms with Crippen LogP contribution in [0.4, 0.5) is 0 Å². The Morgan fingerprint density at radius 1 is 0.952 bits per heavy atom. The van der Waals surface area contributed by atoms with Gasteiger partial charge >= 0.3 is 23.1 Å². The van der Waals surface area contributed by atoms with Gasteiger partial charge in [0.25, 0.3) is 0 Å². The van der Waals surface area contributed by atoms with E-state index in [0.29, 0.717) is 24.3 Å². The molecule has 2 atom stereocenters. The van der Waals surface area contributed by atoms with Gasteiger partial charge in [-0.3, -0.25) is 0 Å². The van der Waals surface area contributed by atoms with E-state index in [4.69, 9.17) is 10.4 Å². The standard InChI is InChI=1S/2C5H11NO3S.Mg/c2*1-10-3-2-4(6-9)5(7)8;/h2*4,6,9H,2-3H2,1H3,(H,7,8);/q;;+2/p-2/t2*4-;/m00./s1. The van der Waals surface area contributed by atoms with Crippen molar-refractivity contribution in [3.05, 3.63) is 0 Å². The number of carboxylic acids is 2. The van der Waals surface area contributed by atoms with Gasteiger partial charge in [-0.15, -0.1) is 0 Å². The molecule has 4 N–H and O–H groups in total. The van der Waals surface area contributed by atoms with Crippen LogP contribution in [-0.2, 0) is 9.59 Å². The maximum atomic E-state index is 10.1. The number of carbonyl (C=O) groups excluding carboxylic acids is 2. The van der Waals surface area contributed by atoms with Crippen LogP contribution in [0.15, 0.2) is 0 Å². The molecule has 8 nitrogen and oxygen atoms in total. The van der Waals surface area contributed by atoms with Crippen molar-refractivity contribution in [3.8, 4) is 0 Å². The molecule has 0 bridgehead atoms. The van der Waals surface area contributed by atoms with Crippen molar-refractivity contribution in [2.75, 3.05) is 24.0 Å². The number of hydrogen-bond donors (Lipinski definition) is 4. The van der Waals surface area contributed by atoms with Gasteiger partial charge < -0.3 is 30.2 Å². The minimum absolute atomic E-state index is 0. The molecular formula is C10H20MgN2O6S2. The Hall–Kier alpha value is 0.246. The molecule has 0 radical (unpaired) electrons. The number of carboxylic acid groups (broad SMARTS) is 2. The van der Waals surface area contributed by atoms with Gasteiger partial charge in [0.2, 0.25) is 0 Å². The summed E-state index contributed by atoms with van der Waals surface area (Å²) in [5.41, 5.74) is 3.32. The number of nitrogens with one attached hydrogen (secondary N) is 2. The number of aliphatic carboxylic acids is 2. The van der Waals surface area contributed by atoms with Crippen molar-refractivity contribution in [2.45, 2.75) is 24.9 Å². The van der Waals surface area contributed by atoms with Gasteiger partial charge in [-0.05, 0) is 36.9 Å². The van der Waals surface area contributed by atoms with E-state index in [2.05, 4.69) is 0 Å². The van der Waals surface area contributed by atoms with Crippen molar-refractivity contribution in [1.29, 1.82) is 0 Å². The zero-order chi connectivity index (χ0) is 16.0.